The van der Waals surface area contributed by atoms with Crippen LogP contribution in [0, 0.1) is 26.7 Å². The molecule has 0 radical (unpaired) electrons. The third-order valence-corrected chi connectivity index (χ3v) is 3.71. The van der Waals surface area contributed by atoms with E-state index in [2.05, 4.69) is 45.1 Å². The van der Waals surface area contributed by atoms with E-state index in [1.165, 1.54) is 16.7 Å². The number of nitrogens with zero attached hydrogens (tertiary/aromatic N) is 1. The Bertz CT molecular complexity index is 459. The molecule has 1 aliphatic rings. The SMILES string of the molecule is Cc1cc(C)c(N2CC(C)CNCCC2=O)c(C)c1. The van der Waals surface area contributed by atoms with Crippen LogP contribution in [0.25, 0.3) is 0 Å². The fourth-order valence-corrected chi connectivity index (χ4v) is 2.97. The monoisotopic (exact) mass is 260 g/mol. The van der Waals surface area contributed by atoms with Crippen LogP contribution in [-0.2, 0) is 4.79 Å². The molecule has 1 aliphatic heterocycles. The first-order valence-corrected chi connectivity index (χ1v) is 7.08. The highest BCUT2D eigenvalue weighted by Gasteiger charge is 2.23. The van der Waals surface area contributed by atoms with Gasteiger partial charge in [-0.2, -0.15) is 0 Å². The molecule has 1 N–H and O–H groups in total. The van der Waals surface area contributed by atoms with Gasteiger partial charge in [0.15, 0.2) is 0 Å². The molecule has 1 aromatic rings. The van der Waals surface area contributed by atoms with Crippen molar-refractivity contribution in [2.24, 2.45) is 5.92 Å². The highest BCUT2D eigenvalue weighted by atomic mass is 16.2. The second-order valence-corrected chi connectivity index (χ2v) is 5.81. The van der Waals surface area contributed by atoms with Gasteiger partial charge < -0.3 is 10.2 Å². The van der Waals surface area contributed by atoms with Gasteiger partial charge in [0, 0.05) is 25.2 Å². The van der Waals surface area contributed by atoms with E-state index in [-0.39, 0.29) is 5.91 Å². The number of amides is 1. The van der Waals surface area contributed by atoms with Gasteiger partial charge in [-0.05, 0) is 44.4 Å². The fraction of sp³-hybridized carbons (Fsp3) is 0.562. The predicted molar refractivity (Wildman–Crippen MR) is 79.7 cm³/mol. The molecule has 1 aromatic carbocycles. The standard InChI is InChI=1S/C16H24N2O/c1-11-7-13(3)16(14(4)8-11)18-10-12(2)9-17-6-5-15(18)19/h7-8,12,17H,5-6,9-10H2,1-4H3. The van der Waals surface area contributed by atoms with Gasteiger partial charge in [0.2, 0.25) is 5.91 Å². The number of hydrogen-bond donors (Lipinski definition) is 1. The van der Waals surface area contributed by atoms with E-state index in [4.69, 9.17) is 0 Å². The van der Waals surface area contributed by atoms with Gasteiger partial charge in [0.1, 0.15) is 0 Å². The molecule has 19 heavy (non-hydrogen) atoms. The zero-order chi connectivity index (χ0) is 14.0. The highest BCUT2D eigenvalue weighted by molar-refractivity contribution is 5.95. The lowest BCUT2D eigenvalue weighted by Gasteiger charge is -2.31. The number of carbonyl (C=O) groups is 1. The van der Waals surface area contributed by atoms with E-state index >= 15 is 0 Å². The van der Waals surface area contributed by atoms with Gasteiger partial charge in [-0.3, -0.25) is 4.79 Å². The fourth-order valence-electron chi connectivity index (χ4n) is 2.97. The summed E-state index contributed by atoms with van der Waals surface area (Å²) in [4.78, 5) is 14.4. The molecule has 1 atom stereocenters. The maximum atomic E-state index is 12.4. The van der Waals surface area contributed by atoms with Crippen molar-refractivity contribution in [2.75, 3.05) is 24.5 Å². The molecule has 0 aromatic heterocycles. The molecular weight excluding hydrogens is 236 g/mol. The second-order valence-electron chi connectivity index (χ2n) is 5.81. The molecule has 1 fully saturated rings. The van der Waals surface area contributed by atoms with E-state index < -0.39 is 0 Å². The minimum Gasteiger partial charge on any atom is -0.316 e. The summed E-state index contributed by atoms with van der Waals surface area (Å²) in [5.74, 6) is 0.707. The van der Waals surface area contributed by atoms with Crippen molar-refractivity contribution >= 4 is 11.6 Å². The van der Waals surface area contributed by atoms with Crippen LogP contribution in [0.5, 0.6) is 0 Å². The van der Waals surface area contributed by atoms with Crippen LogP contribution in [0.1, 0.15) is 30.0 Å². The molecule has 1 heterocycles. The molecule has 0 saturated carbocycles. The summed E-state index contributed by atoms with van der Waals surface area (Å²) >= 11 is 0. The number of benzene rings is 1. The number of anilines is 1. The molecule has 0 aliphatic carbocycles. The van der Waals surface area contributed by atoms with Crippen molar-refractivity contribution in [1.29, 1.82) is 0 Å². The molecule has 0 bridgehead atoms. The average molecular weight is 260 g/mol. The molecular formula is C16H24N2O. The summed E-state index contributed by atoms with van der Waals surface area (Å²) in [5, 5.41) is 3.33. The van der Waals surface area contributed by atoms with E-state index in [0.717, 1.165) is 25.3 Å². The van der Waals surface area contributed by atoms with Crippen molar-refractivity contribution in [2.45, 2.75) is 34.1 Å². The zero-order valence-corrected chi connectivity index (χ0v) is 12.4. The van der Waals surface area contributed by atoms with Gasteiger partial charge in [0.05, 0.1) is 0 Å². The Morgan fingerprint density at radius 2 is 1.84 bits per heavy atom. The molecule has 1 amide bonds. The summed E-state index contributed by atoms with van der Waals surface area (Å²) in [6.45, 7) is 11.1. The summed E-state index contributed by atoms with van der Waals surface area (Å²) in [6, 6.07) is 4.33. The minimum absolute atomic E-state index is 0.231. The first kappa shape index (κ1) is 14.1. The van der Waals surface area contributed by atoms with Crippen LogP contribution in [0.15, 0.2) is 12.1 Å². The van der Waals surface area contributed by atoms with Crippen LogP contribution in [-0.4, -0.2) is 25.5 Å². The van der Waals surface area contributed by atoms with E-state index in [1.54, 1.807) is 0 Å². The predicted octanol–water partition coefficient (Wildman–Crippen LogP) is 2.57. The topological polar surface area (TPSA) is 32.3 Å². The number of carbonyl (C=O) groups excluding carboxylic acids is 1. The Hall–Kier alpha value is -1.35. The number of aryl methyl sites for hydroxylation is 3. The van der Waals surface area contributed by atoms with Gasteiger partial charge >= 0.3 is 0 Å². The lowest BCUT2D eigenvalue weighted by Crippen LogP contribution is -2.43. The third-order valence-electron chi connectivity index (χ3n) is 3.71. The summed E-state index contributed by atoms with van der Waals surface area (Å²) in [7, 11) is 0. The molecule has 3 heteroatoms. The van der Waals surface area contributed by atoms with Crippen molar-refractivity contribution in [3.63, 3.8) is 0 Å². The van der Waals surface area contributed by atoms with Crippen molar-refractivity contribution in [3.8, 4) is 0 Å². The smallest absolute Gasteiger partial charge is 0.228 e. The maximum absolute atomic E-state index is 12.4. The van der Waals surface area contributed by atoms with E-state index in [1.807, 2.05) is 4.90 Å². The first-order chi connectivity index (χ1) is 8.99. The van der Waals surface area contributed by atoms with Crippen LogP contribution in [0.2, 0.25) is 0 Å². The molecule has 1 saturated heterocycles. The molecule has 104 valence electrons. The third kappa shape index (κ3) is 3.16. The Morgan fingerprint density at radius 1 is 1.21 bits per heavy atom. The second kappa shape index (κ2) is 5.74. The first-order valence-electron chi connectivity index (χ1n) is 7.08. The van der Waals surface area contributed by atoms with Crippen LogP contribution in [0.4, 0.5) is 5.69 Å². The highest BCUT2D eigenvalue weighted by Crippen LogP contribution is 2.28. The normalized spacial score (nSPS) is 21.2. The van der Waals surface area contributed by atoms with Crippen LogP contribution in [0.3, 0.4) is 0 Å². The van der Waals surface area contributed by atoms with Crippen molar-refractivity contribution in [1.82, 2.24) is 5.32 Å². The van der Waals surface area contributed by atoms with Gasteiger partial charge in [0.25, 0.3) is 0 Å². The van der Waals surface area contributed by atoms with Gasteiger partial charge in [-0.25, -0.2) is 0 Å². The molecule has 1 unspecified atom stereocenters. The summed E-state index contributed by atoms with van der Waals surface area (Å²) < 4.78 is 0. The maximum Gasteiger partial charge on any atom is 0.228 e. The lowest BCUT2D eigenvalue weighted by molar-refractivity contribution is -0.118. The van der Waals surface area contributed by atoms with Crippen molar-refractivity contribution < 1.29 is 4.79 Å². The van der Waals surface area contributed by atoms with E-state index in [0.29, 0.717) is 12.3 Å². The molecule has 2 rings (SSSR count). The van der Waals surface area contributed by atoms with E-state index in [9.17, 15) is 4.79 Å². The zero-order valence-electron chi connectivity index (χ0n) is 12.4. The quantitative estimate of drug-likeness (QED) is 0.841. The van der Waals surface area contributed by atoms with Crippen LogP contribution < -0.4 is 10.2 Å². The molecule has 0 spiro atoms. The number of rotatable bonds is 1. The largest absolute Gasteiger partial charge is 0.316 e. The van der Waals surface area contributed by atoms with Crippen LogP contribution >= 0.6 is 0 Å². The Balaban J connectivity index is 2.39. The Labute approximate surface area is 116 Å². The summed E-state index contributed by atoms with van der Waals surface area (Å²) in [6.07, 6.45) is 0.583. The van der Waals surface area contributed by atoms with Gasteiger partial charge in [-0.1, -0.05) is 24.6 Å². The Morgan fingerprint density at radius 3 is 2.47 bits per heavy atom. The average Bonchev–Trinajstić information content (AvgIpc) is 2.30. The Kier molecular flexibility index (Phi) is 4.25. The lowest BCUT2D eigenvalue weighted by atomic mass is 10.0. The number of nitrogens with one attached hydrogen (secondary N) is 1. The summed E-state index contributed by atoms with van der Waals surface area (Å²) in [5.41, 5.74) is 4.77. The minimum atomic E-state index is 0.231. The number of hydrogen-bond acceptors (Lipinski definition) is 2. The molecule has 3 nitrogen and oxygen atoms in total. The van der Waals surface area contributed by atoms with Gasteiger partial charge in [-0.15, -0.1) is 0 Å². The van der Waals surface area contributed by atoms with Crippen molar-refractivity contribution in [3.05, 3.63) is 28.8 Å².